The van der Waals surface area contributed by atoms with Gasteiger partial charge in [0, 0.05) is 10.7 Å². The summed E-state index contributed by atoms with van der Waals surface area (Å²) in [5, 5.41) is 3.55. The maximum Gasteiger partial charge on any atom is 0.265 e. The average molecular weight is 362 g/mol. The number of aryl methyl sites for hydroxylation is 1. The molecule has 2 aromatic carbocycles. The van der Waals surface area contributed by atoms with Crippen LogP contribution in [0.2, 0.25) is 5.02 Å². The van der Waals surface area contributed by atoms with Crippen LogP contribution >= 0.6 is 11.6 Å². The van der Waals surface area contributed by atoms with E-state index in [0.717, 1.165) is 11.3 Å². The van der Waals surface area contributed by atoms with Gasteiger partial charge in [-0.05, 0) is 75.2 Å². The van der Waals surface area contributed by atoms with Crippen molar-refractivity contribution in [3.63, 3.8) is 0 Å². The van der Waals surface area contributed by atoms with Gasteiger partial charge in [-0.1, -0.05) is 18.5 Å². The number of carbonyl (C=O) groups excluding carboxylic acids is 1. The minimum atomic E-state index is -0.577. The van der Waals surface area contributed by atoms with Crippen LogP contribution in [0, 0.1) is 6.92 Å². The highest BCUT2D eigenvalue weighted by Gasteiger charge is 2.19. The number of rotatable bonds is 7. The van der Waals surface area contributed by atoms with Gasteiger partial charge in [-0.2, -0.15) is 0 Å². The summed E-state index contributed by atoms with van der Waals surface area (Å²) in [6.45, 7) is 7.75. The minimum Gasteiger partial charge on any atom is -0.491 e. The molecule has 4 nitrogen and oxygen atoms in total. The fourth-order valence-corrected chi connectivity index (χ4v) is 2.41. The molecular weight excluding hydrogens is 338 g/mol. The van der Waals surface area contributed by atoms with Crippen LogP contribution in [0.1, 0.15) is 32.8 Å². The fourth-order valence-electron chi connectivity index (χ4n) is 2.29. The molecular formula is C20H24ClNO3. The maximum atomic E-state index is 12.5. The molecule has 134 valence electrons. The van der Waals surface area contributed by atoms with Crippen molar-refractivity contribution in [2.24, 2.45) is 0 Å². The molecule has 1 atom stereocenters. The van der Waals surface area contributed by atoms with Gasteiger partial charge in [0.25, 0.3) is 5.91 Å². The number of ether oxygens (including phenoxy) is 2. The molecule has 0 saturated heterocycles. The Balaban J connectivity index is 2.00. The van der Waals surface area contributed by atoms with Crippen molar-refractivity contribution < 1.29 is 14.3 Å². The molecule has 2 aromatic rings. The van der Waals surface area contributed by atoms with Gasteiger partial charge >= 0.3 is 0 Å². The summed E-state index contributed by atoms with van der Waals surface area (Å²) in [5.41, 5.74) is 1.62. The molecule has 1 N–H and O–H groups in total. The van der Waals surface area contributed by atoms with Gasteiger partial charge in [0.05, 0.1) is 6.10 Å². The summed E-state index contributed by atoms with van der Waals surface area (Å²) in [5.74, 6) is 1.21. The zero-order valence-corrected chi connectivity index (χ0v) is 15.8. The summed E-state index contributed by atoms with van der Waals surface area (Å²) < 4.78 is 11.4. The quantitative estimate of drug-likeness (QED) is 0.734. The van der Waals surface area contributed by atoms with Crippen molar-refractivity contribution in [2.45, 2.75) is 46.3 Å². The van der Waals surface area contributed by atoms with Crippen molar-refractivity contribution in [1.29, 1.82) is 0 Å². The summed E-state index contributed by atoms with van der Waals surface area (Å²) in [4.78, 5) is 12.5. The fraction of sp³-hybridized carbons (Fsp3) is 0.350. The standard InChI is InChI=1S/C20H24ClNO3/c1-5-19(25-17-10-11-18(21)14(4)12-17)20(23)22-15-6-8-16(9-7-15)24-13(2)3/h6-13,19H,5H2,1-4H3,(H,22,23)/t19-/m1/s1. The lowest BCUT2D eigenvalue weighted by Gasteiger charge is -2.18. The first kappa shape index (κ1) is 19.1. The van der Waals surface area contributed by atoms with Crippen LogP contribution in [0.5, 0.6) is 11.5 Å². The zero-order valence-electron chi connectivity index (χ0n) is 15.0. The van der Waals surface area contributed by atoms with Gasteiger partial charge in [-0.3, -0.25) is 4.79 Å². The Morgan fingerprint density at radius 2 is 1.72 bits per heavy atom. The Kier molecular flexibility index (Phi) is 6.71. The van der Waals surface area contributed by atoms with Crippen LogP contribution in [0.15, 0.2) is 42.5 Å². The van der Waals surface area contributed by atoms with Crippen LogP contribution in [0.3, 0.4) is 0 Å². The zero-order chi connectivity index (χ0) is 18.4. The number of halogens is 1. The van der Waals surface area contributed by atoms with Gasteiger partial charge in [-0.15, -0.1) is 0 Å². The van der Waals surface area contributed by atoms with Crippen LogP contribution in [-0.2, 0) is 4.79 Å². The van der Waals surface area contributed by atoms with Gasteiger partial charge in [0.2, 0.25) is 0 Å². The SMILES string of the molecule is CC[C@@H](Oc1ccc(Cl)c(C)c1)C(=O)Nc1ccc(OC(C)C)cc1. The lowest BCUT2D eigenvalue weighted by atomic mass is 10.2. The third kappa shape index (κ3) is 5.68. The smallest absolute Gasteiger partial charge is 0.265 e. The Hall–Kier alpha value is -2.20. The third-order valence-corrected chi connectivity index (χ3v) is 3.99. The van der Waals surface area contributed by atoms with E-state index in [0.29, 0.717) is 22.9 Å². The molecule has 0 unspecified atom stereocenters. The number of amides is 1. The number of benzene rings is 2. The van der Waals surface area contributed by atoms with E-state index >= 15 is 0 Å². The molecule has 0 aromatic heterocycles. The number of hydrogen-bond acceptors (Lipinski definition) is 3. The lowest BCUT2D eigenvalue weighted by Crippen LogP contribution is -2.32. The number of nitrogens with one attached hydrogen (secondary N) is 1. The van der Waals surface area contributed by atoms with E-state index in [1.54, 1.807) is 12.1 Å². The predicted octanol–water partition coefficient (Wildman–Crippen LogP) is 5.23. The molecule has 5 heteroatoms. The topological polar surface area (TPSA) is 47.6 Å². The summed E-state index contributed by atoms with van der Waals surface area (Å²) in [6.07, 6.45) is 0.0931. The number of carbonyl (C=O) groups is 1. The largest absolute Gasteiger partial charge is 0.491 e. The monoisotopic (exact) mass is 361 g/mol. The average Bonchev–Trinajstić information content (AvgIpc) is 2.57. The highest BCUT2D eigenvalue weighted by Crippen LogP contribution is 2.23. The molecule has 0 aliphatic heterocycles. The van der Waals surface area contributed by atoms with Crippen LogP contribution in [-0.4, -0.2) is 18.1 Å². The Labute approximate surface area is 154 Å². The second-order valence-corrected chi connectivity index (χ2v) is 6.51. The van der Waals surface area contributed by atoms with E-state index in [1.165, 1.54) is 0 Å². The molecule has 0 bridgehead atoms. The third-order valence-electron chi connectivity index (χ3n) is 3.56. The number of hydrogen-bond donors (Lipinski definition) is 1. The highest BCUT2D eigenvalue weighted by molar-refractivity contribution is 6.31. The Morgan fingerprint density at radius 1 is 1.08 bits per heavy atom. The molecule has 1 amide bonds. The molecule has 0 spiro atoms. The van der Waals surface area contributed by atoms with Gasteiger partial charge in [0.15, 0.2) is 6.10 Å². The van der Waals surface area contributed by atoms with Crippen molar-refractivity contribution in [2.75, 3.05) is 5.32 Å². The summed E-state index contributed by atoms with van der Waals surface area (Å²) in [6, 6.07) is 12.7. The molecule has 0 aliphatic rings. The second kappa shape index (κ2) is 8.77. The maximum absolute atomic E-state index is 12.5. The first-order valence-electron chi connectivity index (χ1n) is 8.39. The Morgan fingerprint density at radius 3 is 2.28 bits per heavy atom. The van der Waals surface area contributed by atoms with Gasteiger partial charge in [0.1, 0.15) is 11.5 Å². The number of anilines is 1. The van der Waals surface area contributed by atoms with Crippen molar-refractivity contribution in [3.8, 4) is 11.5 Å². The van der Waals surface area contributed by atoms with Crippen molar-refractivity contribution >= 4 is 23.2 Å². The molecule has 2 rings (SSSR count). The second-order valence-electron chi connectivity index (χ2n) is 6.11. The predicted molar refractivity (Wildman–Crippen MR) is 102 cm³/mol. The molecule has 0 radical (unpaired) electrons. The van der Waals surface area contributed by atoms with E-state index in [2.05, 4.69) is 5.32 Å². The highest BCUT2D eigenvalue weighted by atomic mass is 35.5. The van der Waals surface area contributed by atoms with Crippen LogP contribution in [0.4, 0.5) is 5.69 Å². The van der Waals surface area contributed by atoms with E-state index in [-0.39, 0.29) is 12.0 Å². The normalized spacial score (nSPS) is 11.9. The van der Waals surface area contributed by atoms with E-state index < -0.39 is 6.10 Å². The van der Waals surface area contributed by atoms with Crippen LogP contribution in [0.25, 0.3) is 0 Å². The minimum absolute atomic E-state index is 0.112. The van der Waals surface area contributed by atoms with Gasteiger partial charge < -0.3 is 14.8 Å². The van der Waals surface area contributed by atoms with Crippen LogP contribution < -0.4 is 14.8 Å². The first-order chi connectivity index (χ1) is 11.9. The summed E-state index contributed by atoms with van der Waals surface area (Å²) in [7, 11) is 0. The van der Waals surface area contributed by atoms with E-state index in [1.807, 2.05) is 58.0 Å². The van der Waals surface area contributed by atoms with E-state index in [4.69, 9.17) is 21.1 Å². The van der Waals surface area contributed by atoms with E-state index in [9.17, 15) is 4.79 Å². The summed E-state index contributed by atoms with van der Waals surface area (Å²) >= 11 is 6.02. The first-order valence-corrected chi connectivity index (χ1v) is 8.77. The molecule has 0 fully saturated rings. The van der Waals surface area contributed by atoms with Gasteiger partial charge in [-0.25, -0.2) is 0 Å². The van der Waals surface area contributed by atoms with Crippen molar-refractivity contribution in [1.82, 2.24) is 0 Å². The molecule has 0 saturated carbocycles. The molecule has 0 heterocycles. The Bertz CT molecular complexity index is 713. The molecule has 0 aliphatic carbocycles. The molecule has 25 heavy (non-hydrogen) atoms. The van der Waals surface area contributed by atoms with Crippen molar-refractivity contribution in [3.05, 3.63) is 53.1 Å². The lowest BCUT2D eigenvalue weighted by molar-refractivity contribution is -0.122.